The molecule has 2 heterocycles. The van der Waals surface area contributed by atoms with Crippen LogP contribution >= 0.6 is 11.3 Å². The van der Waals surface area contributed by atoms with Gasteiger partial charge in [0.25, 0.3) is 0 Å². The van der Waals surface area contributed by atoms with Crippen LogP contribution in [-0.2, 0) is 4.74 Å². The summed E-state index contributed by atoms with van der Waals surface area (Å²) < 4.78 is 4.68. The number of hydrogen-bond acceptors (Lipinski definition) is 7. The number of hydrogen-bond donors (Lipinski definition) is 2. The quantitative estimate of drug-likeness (QED) is 0.841. The lowest BCUT2D eigenvalue weighted by molar-refractivity contribution is 0.0602. The van der Waals surface area contributed by atoms with Crippen LogP contribution in [0.15, 0.2) is 18.5 Å². The molecule has 0 bridgehead atoms. The van der Waals surface area contributed by atoms with Gasteiger partial charge in [0.1, 0.15) is 10.8 Å². The summed E-state index contributed by atoms with van der Waals surface area (Å²) in [6.07, 6.45) is 3.27. The van der Waals surface area contributed by atoms with Crippen LogP contribution in [0.4, 0.5) is 11.5 Å². The predicted molar refractivity (Wildman–Crippen MR) is 78.9 cm³/mol. The third-order valence-corrected chi connectivity index (χ3v) is 3.81. The number of nitrogens with one attached hydrogen (secondary N) is 1. The molecule has 0 radical (unpaired) electrons. The average Bonchev–Trinajstić information content (AvgIpc) is 2.87. The van der Waals surface area contributed by atoms with Crippen molar-refractivity contribution < 1.29 is 9.53 Å². The molecule has 20 heavy (non-hydrogen) atoms. The lowest BCUT2D eigenvalue weighted by atomic mass is 10.2. The van der Waals surface area contributed by atoms with E-state index in [0.29, 0.717) is 17.1 Å². The minimum absolute atomic E-state index is 0.00433. The van der Waals surface area contributed by atoms with Gasteiger partial charge in [0.05, 0.1) is 30.6 Å². The van der Waals surface area contributed by atoms with Gasteiger partial charge < -0.3 is 15.8 Å². The minimum Gasteiger partial charge on any atom is -0.465 e. The van der Waals surface area contributed by atoms with E-state index in [9.17, 15) is 4.79 Å². The summed E-state index contributed by atoms with van der Waals surface area (Å²) in [7, 11) is 1.32. The number of carbonyl (C=O) groups is 1. The summed E-state index contributed by atoms with van der Waals surface area (Å²) >= 11 is 1.62. The molecule has 1 atom stereocenters. The highest BCUT2D eigenvalue weighted by atomic mass is 32.1. The van der Waals surface area contributed by atoms with E-state index in [-0.39, 0.29) is 6.04 Å². The topological polar surface area (TPSA) is 90.1 Å². The largest absolute Gasteiger partial charge is 0.465 e. The Morgan fingerprint density at radius 1 is 1.45 bits per heavy atom. The Bertz CT molecular complexity index is 627. The van der Waals surface area contributed by atoms with Gasteiger partial charge in [-0.05, 0) is 19.9 Å². The van der Waals surface area contributed by atoms with Gasteiger partial charge in [0.15, 0.2) is 0 Å². The first-order valence-electron chi connectivity index (χ1n) is 6.04. The molecular formula is C13H16N4O2S. The molecule has 0 saturated heterocycles. The normalized spacial score (nSPS) is 11.9. The van der Waals surface area contributed by atoms with Crippen molar-refractivity contribution in [3.05, 3.63) is 33.9 Å². The number of pyridine rings is 1. The second-order valence-electron chi connectivity index (χ2n) is 4.32. The number of aromatic nitrogens is 2. The fraction of sp³-hybridized carbons (Fsp3) is 0.308. The fourth-order valence-corrected chi connectivity index (χ4v) is 2.46. The van der Waals surface area contributed by atoms with Crippen molar-refractivity contribution in [1.82, 2.24) is 9.97 Å². The molecule has 0 aliphatic rings. The lowest BCUT2D eigenvalue weighted by Crippen LogP contribution is -2.11. The number of nitrogens with zero attached hydrogens (tertiary/aromatic N) is 2. The maximum absolute atomic E-state index is 11.6. The Hall–Kier alpha value is -2.15. The molecule has 7 heteroatoms. The third-order valence-electron chi connectivity index (χ3n) is 2.71. The van der Waals surface area contributed by atoms with Crippen LogP contribution in [0.5, 0.6) is 0 Å². The van der Waals surface area contributed by atoms with Crippen LogP contribution in [0.2, 0.25) is 0 Å². The van der Waals surface area contributed by atoms with Gasteiger partial charge in [-0.2, -0.15) is 0 Å². The van der Waals surface area contributed by atoms with Crippen molar-refractivity contribution in [1.29, 1.82) is 0 Å². The zero-order chi connectivity index (χ0) is 14.7. The van der Waals surface area contributed by atoms with Crippen LogP contribution < -0.4 is 11.1 Å². The van der Waals surface area contributed by atoms with Crippen LogP contribution in [0.3, 0.4) is 0 Å². The maximum Gasteiger partial charge on any atom is 0.340 e. The Morgan fingerprint density at radius 2 is 2.20 bits per heavy atom. The van der Waals surface area contributed by atoms with Crippen molar-refractivity contribution >= 4 is 28.8 Å². The summed E-state index contributed by atoms with van der Waals surface area (Å²) in [6, 6.07) is 1.58. The lowest BCUT2D eigenvalue weighted by Gasteiger charge is -2.13. The number of nitrogens with two attached hydrogens (primary N) is 1. The highest BCUT2D eigenvalue weighted by Crippen LogP contribution is 2.24. The van der Waals surface area contributed by atoms with Gasteiger partial charge in [-0.25, -0.2) is 14.8 Å². The highest BCUT2D eigenvalue weighted by molar-refractivity contribution is 7.11. The van der Waals surface area contributed by atoms with E-state index < -0.39 is 5.97 Å². The van der Waals surface area contributed by atoms with Gasteiger partial charge in [-0.3, -0.25) is 0 Å². The number of ether oxygens (including phenoxy) is 1. The molecule has 0 fully saturated rings. The van der Waals surface area contributed by atoms with Crippen molar-refractivity contribution in [3.63, 3.8) is 0 Å². The Kier molecular flexibility index (Phi) is 4.19. The summed E-state index contributed by atoms with van der Waals surface area (Å²) in [5.74, 6) is 0.0747. The number of esters is 1. The molecule has 3 N–H and O–H groups in total. The van der Waals surface area contributed by atoms with Gasteiger partial charge in [-0.1, -0.05) is 0 Å². The summed E-state index contributed by atoms with van der Waals surface area (Å²) in [6.45, 7) is 3.98. The first-order chi connectivity index (χ1) is 9.51. The molecule has 1 unspecified atom stereocenters. The molecule has 2 rings (SSSR count). The van der Waals surface area contributed by atoms with Gasteiger partial charge in [0, 0.05) is 11.1 Å². The van der Waals surface area contributed by atoms with Gasteiger partial charge >= 0.3 is 5.97 Å². The second-order valence-corrected chi connectivity index (χ2v) is 5.59. The number of rotatable bonds is 4. The van der Waals surface area contributed by atoms with E-state index in [1.54, 1.807) is 17.4 Å². The third kappa shape index (κ3) is 3.05. The molecule has 0 aliphatic carbocycles. The van der Waals surface area contributed by atoms with E-state index in [1.165, 1.54) is 13.3 Å². The molecule has 0 amide bonds. The van der Waals surface area contributed by atoms with E-state index in [4.69, 9.17) is 5.73 Å². The first-order valence-corrected chi connectivity index (χ1v) is 6.85. The molecule has 106 valence electrons. The standard InChI is InChI=1S/C13H16N4O2S/c1-7-5-16-12(20-7)8(2)17-11-4-9(13(18)19-3)10(14)6-15-11/h4-6,8H,14H2,1-3H3,(H,15,17). The molecule has 2 aromatic rings. The number of anilines is 2. The number of nitrogen functional groups attached to an aromatic ring is 1. The molecule has 0 spiro atoms. The van der Waals surface area contributed by atoms with E-state index >= 15 is 0 Å². The van der Waals surface area contributed by atoms with Gasteiger partial charge in [0.2, 0.25) is 0 Å². The van der Waals surface area contributed by atoms with Crippen molar-refractivity contribution in [2.24, 2.45) is 0 Å². The van der Waals surface area contributed by atoms with E-state index in [0.717, 1.165) is 9.88 Å². The van der Waals surface area contributed by atoms with Crippen LogP contribution in [0.25, 0.3) is 0 Å². The van der Waals surface area contributed by atoms with Crippen molar-refractivity contribution in [2.45, 2.75) is 19.9 Å². The fourth-order valence-electron chi connectivity index (χ4n) is 1.69. The molecule has 0 aromatic carbocycles. The zero-order valence-electron chi connectivity index (χ0n) is 11.5. The SMILES string of the molecule is COC(=O)c1cc(NC(C)c2ncc(C)s2)ncc1N. The minimum atomic E-state index is -0.481. The number of aryl methyl sites for hydroxylation is 1. The molecule has 2 aromatic heterocycles. The monoisotopic (exact) mass is 292 g/mol. The highest BCUT2D eigenvalue weighted by Gasteiger charge is 2.14. The average molecular weight is 292 g/mol. The van der Waals surface area contributed by atoms with Crippen LogP contribution in [-0.4, -0.2) is 23.0 Å². The molecule has 6 nitrogen and oxygen atoms in total. The smallest absolute Gasteiger partial charge is 0.340 e. The number of thiazole rings is 1. The molecule has 0 saturated carbocycles. The molecular weight excluding hydrogens is 276 g/mol. The number of methoxy groups -OCH3 is 1. The Labute approximate surface area is 121 Å². The predicted octanol–water partition coefficient (Wildman–Crippen LogP) is 2.39. The summed E-state index contributed by atoms with van der Waals surface area (Å²) in [4.78, 5) is 21.2. The number of carbonyl (C=O) groups excluding carboxylic acids is 1. The zero-order valence-corrected chi connectivity index (χ0v) is 12.3. The van der Waals surface area contributed by atoms with E-state index in [2.05, 4.69) is 20.0 Å². The molecule has 0 aliphatic heterocycles. The van der Waals surface area contributed by atoms with E-state index in [1.807, 2.05) is 20.0 Å². The Balaban J connectivity index is 2.19. The van der Waals surface area contributed by atoms with Crippen LogP contribution in [0, 0.1) is 6.92 Å². The maximum atomic E-state index is 11.6. The van der Waals surface area contributed by atoms with Crippen molar-refractivity contribution in [2.75, 3.05) is 18.2 Å². The van der Waals surface area contributed by atoms with Gasteiger partial charge in [-0.15, -0.1) is 11.3 Å². The first kappa shape index (κ1) is 14.3. The second kappa shape index (κ2) is 5.87. The van der Waals surface area contributed by atoms with Crippen molar-refractivity contribution in [3.8, 4) is 0 Å². The van der Waals surface area contributed by atoms with Crippen LogP contribution in [0.1, 0.15) is 33.2 Å². The summed E-state index contributed by atoms with van der Waals surface area (Å²) in [5, 5.41) is 4.15. The Morgan fingerprint density at radius 3 is 2.80 bits per heavy atom. The summed E-state index contributed by atoms with van der Waals surface area (Å²) in [5.41, 5.74) is 6.30.